The van der Waals surface area contributed by atoms with Crippen molar-refractivity contribution in [2.75, 3.05) is 6.54 Å². The fraction of sp³-hybridized carbons (Fsp3) is 0.875. The Bertz CT molecular complexity index is 145. The van der Waals surface area contributed by atoms with E-state index in [9.17, 15) is 4.79 Å². The van der Waals surface area contributed by atoms with Crippen LogP contribution in [0.2, 0.25) is 0 Å². The van der Waals surface area contributed by atoms with Crippen LogP contribution < -0.4 is 5.73 Å². The molecule has 3 nitrogen and oxygen atoms in total. The van der Waals surface area contributed by atoms with E-state index in [1.54, 1.807) is 6.92 Å². The van der Waals surface area contributed by atoms with Crippen LogP contribution in [0.4, 0.5) is 0 Å². The first-order valence-electron chi connectivity index (χ1n) is 3.88. The van der Waals surface area contributed by atoms with E-state index in [0.29, 0.717) is 13.0 Å². The molecule has 0 bridgehead atoms. The van der Waals surface area contributed by atoms with Crippen LogP contribution in [-0.4, -0.2) is 17.6 Å². The first kappa shape index (κ1) is 10.4. The molecule has 3 N–H and O–H groups in total. The van der Waals surface area contributed by atoms with Crippen molar-refractivity contribution >= 4 is 5.97 Å². The molecular formula is C8H17NO2. The van der Waals surface area contributed by atoms with Gasteiger partial charge in [0, 0.05) is 0 Å². The lowest BCUT2D eigenvalue weighted by atomic mass is 9.76. The summed E-state index contributed by atoms with van der Waals surface area (Å²) in [5.41, 5.74) is 4.67. The molecule has 0 radical (unpaired) electrons. The fourth-order valence-electron chi connectivity index (χ4n) is 0.942. The average molecular weight is 159 g/mol. The van der Waals surface area contributed by atoms with Crippen LogP contribution in [0.5, 0.6) is 0 Å². The van der Waals surface area contributed by atoms with E-state index < -0.39 is 11.4 Å². The standard InChI is InChI=1S/C8H17NO2/c1-6(2)8(3,4-5-9)7(10)11/h6H,4-5,9H2,1-3H3,(H,10,11). The molecule has 0 saturated heterocycles. The molecule has 0 heterocycles. The van der Waals surface area contributed by atoms with Crippen molar-refractivity contribution in [2.45, 2.75) is 27.2 Å². The number of rotatable bonds is 4. The second-order valence-electron chi connectivity index (χ2n) is 3.42. The number of hydrogen-bond donors (Lipinski definition) is 2. The summed E-state index contributed by atoms with van der Waals surface area (Å²) >= 11 is 0. The Morgan fingerprint density at radius 2 is 2.09 bits per heavy atom. The maximum atomic E-state index is 10.8. The Kier molecular flexibility index (Phi) is 3.52. The molecule has 0 amide bonds. The number of hydrogen-bond acceptors (Lipinski definition) is 2. The quantitative estimate of drug-likeness (QED) is 0.645. The number of aliphatic carboxylic acids is 1. The number of carboxylic acid groups (broad SMARTS) is 1. The van der Waals surface area contributed by atoms with Crippen LogP contribution in [-0.2, 0) is 4.79 Å². The van der Waals surface area contributed by atoms with Crippen molar-refractivity contribution in [3.05, 3.63) is 0 Å². The summed E-state index contributed by atoms with van der Waals surface area (Å²) < 4.78 is 0. The van der Waals surface area contributed by atoms with Gasteiger partial charge in [-0.15, -0.1) is 0 Å². The lowest BCUT2D eigenvalue weighted by molar-refractivity contribution is -0.151. The zero-order chi connectivity index (χ0) is 9.07. The van der Waals surface area contributed by atoms with Crippen LogP contribution in [0.25, 0.3) is 0 Å². The van der Waals surface area contributed by atoms with Gasteiger partial charge >= 0.3 is 5.97 Å². The highest BCUT2D eigenvalue weighted by molar-refractivity contribution is 5.74. The summed E-state index contributed by atoms with van der Waals surface area (Å²) in [4.78, 5) is 10.8. The highest BCUT2D eigenvalue weighted by atomic mass is 16.4. The zero-order valence-electron chi connectivity index (χ0n) is 7.42. The van der Waals surface area contributed by atoms with Crippen LogP contribution >= 0.6 is 0 Å². The minimum Gasteiger partial charge on any atom is -0.481 e. The highest BCUT2D eigenvalue weighted by Gasteiger charge is 2.35. The van der Waals surface area contributed by atoms with Crippen molar-refractivity contribution in [2.24, 2.45) is 17.1 Å². The maximum Gasteiger partial charge on any atom is 0.309 e. The molecule has 11 heavy (non-hydrogen) atoms. The van der Waals surface area contributed by atoms with Gasteiger partial charge in [0.25, 0.3) is 0 Å². The predicted molar refractivity (Wildman–Crippen MR) is 44.3 cm³/mol. The summed E-state index contributed by atoms with van der Waals surface area (Å²) in [5.74, 6) is -0.624. The molecule has 0 fully saturated rings. The zero-order valence-corrected chi connectivity index (χ0v) is 7.42. The molecule has 0 spiro atoms. The number of nitrogens with two attached hydrogens (primary N) is 1. The van der Waals surface area contributed by atoms with Gasteiger partial charge in [0.1, 0.15) is 0 Å². The third kappa shape index (κ3) is 2.19. The lowest BCUT2D eigenvalue weighted by Crippen LogP contribution is -2.35. The predicted octanol–water partition coefficient (Wildman–Crippen LogP) is 1.08. The molecule has 0 aliphatic rings. The summed E-state index contributed by atoms with van der Waals surface area (Å²) in [6.45, 7) is 5.99. The van der Waals surface area contributed by atoms with Gasteiger partial charge in [-0.1, -0.05) is 13.8 Å². The summed E-state index contributed by atoms with van der Waals surface area (Å²) in [6.07, 6.45) is 0.542. The topological polar surface area (TPSA) is 63.3 Å². The van der Waals surface area contributed by atoms with E-state index in [0.717, 1.165) is 0 Å². The Balaban J connectivity index is 4.38. The summed E-state index contributed by atoms with van der Waals surface area (Å²) in [5, 5.41) is 8.88. The van der Waals surface area contributed by atoms with Crippen molar-refractivity contribution in [3.63, 3.8) is 0 Å². The van der Waals surface area contributed by atoms with Gasteiger partial charge in [0.15, 0.2) is 0 Å². The van der Waals surface area contributed by atoms with Crippen LogP contribution in [0.3, 0.4) is 0 Å². The smallest absolute Gasteiger partial charge is 0.309 e. The third-order valence-electron chi connectivity index (χ3n) is 2.43. The highest BCUT2D eigenvalue weighted by Crippen LogP contribution is 2.30. The molecule has 0 saturated carbocycles. The minimum atomic E-state index is -0.752. The van der Waals surface area contributed by atoms with E-state index in [1.807, 2.05) is 13.8 Å². The Labute approximate surface area is 67.6 Å². The summed E-state index contributed by atoms with van der Waals surface area (Å²) in [7, 11) is 0. The van der Waals surface area contributed by atoms with Crippen LogP contribution in [0.15, 0.2) is 0 Å². The van der Waals surface area contributed by atoms with Crippen molar-refractivity contribution in [3.8, 4) is 0 Å². The van der Waals surface area contributed by atoms with Crippen LogP contribution in [0.1, 0.15) is 27.2 Å². The third-order valence-corrected chi connectivity index (χ3v) is 2.43. The average Bonchev–Trinajstić information content (AvgIpc) is 1.87. The van der Waals surface area contributed by atoms with Crippen molar-refractivity contribution in [1.82, 2.24) is 0 Å². The Morgan fingerprint density at radius 1 is 1.64 bits per heavy atom. The number of carbonyl (C=O) groups is 1. The maximum absolute atomic E-state index is 10.8. The normalized spacial score (nSPS) is 16.5. The van der Waals surface area contributed by atoms with Gasteiger partial charge < -0.3 is 10.8 Å². The van der Waals surface area contributed by atoms with Gasteiger partial charge in [-0.3, -0.25) is 4.79 Å². The van der Waals surface area contributed by atoms with E-state index in [-0.39, 0.29) is 5.92 Å². The summed E-state index contributed by atoms with van der Waals surface area (Å²) in [6, 6.07) is 0. The van der Waals surface area contributed by atoms with Gasteiger partial charge in [-0.05, 0) is 25.8 Å². The molecule has 0 aliphatic carbocycles. The molecule has 0 aromatic rings. The Morgan fingerprint density at radius 3 is 2.18 bits per heavy atom. The van der Waals surface area contributed by atoms with E-state index >= 15 is 0 Å². The van der Waals surface area contributed by atoms with E-state index in [4.69, 9.17) is 10.8 Å². The Hall–Kier alpha value is -0.570. The fourth-order valence-corrected chi connectivity index (χ4v) is 0.942. The lowest BCUT2D eigenvalue weighted by Gasteiger charge is -2.28. The largest absolute Gasteiger partial charge is 0.481 e. The monoisotopic (exact) mass is 159 g/mol. The van der Waals surface area contributed by atoms with Gasteiger partial charge in [-0.25, -0.2) is 0 Å². The minimum absolute atomic E-state index is 0.128. The first-order chi connectivity index (χ1) is 4.95. The molecule has 1 unspecified atom stereocenters. The molecule has 0 aromatic heterocycles. The molecule has 0 aliphatic heterocycles. The van der Waals surface area contributed by atoms with Crippen molar-refractivity contribution < 1.29 is 9.90 Å². The molecule has 0 aromatic carbocycles. The second kappa shape index (κ2) is 3.72. The molecule has 3 heteroatoms. The van der Waals surface area contributed by atoms with Crippen LogP contribution in [0, 0.1) is 11.3 Å². The molecule has 1 atom stereocenters. The number of carboxylic acids is 1. The van der Waals surface area contributed by atoms with Gasteiger partial charge in [0.05, 0.1) is 5.41 Å². The van der Waals surface area contributed by atoms with Gasteiger partial charge in [0.2, 0.25) is 0 Å². The van der Waals surface area contributed by atoms with Gasteiger partial charge in [-0.2, -0.15) is 0 Å². The molecule has 66 valence electrons. The SMILES string of the molecule is CC(C)C(C)(CCN)C(=O)O. The molecular weight excluding hydrogens is 142 g/mol. The first-order valence-corrected chi connectivity index (χ1v) is 3.88. The van der Waals surface area contributed by atoms with Crippen molar-refractivity contribution in [1.29, 1.82) is 0 Å². The van der Waals surface area contributed by atoms with E-state index in [1.165, 1.54) is 0 Å². The second-order valence-corrected chi connectivity index (χ2v) is 3.42. The molecule has 0 rings (SSSR count). The van der Waals surface area contributed by atoms with E-state index in [2.05, 4.69) is 0 Å².